The molecule has 1 aromatic rings. The van der Waals surface area contributed by atoms with E-state index in [1.54, 1.807) is 18.2 Å². The molecular weight excluding hydrogens is 198 g/mol. The molecule has 0 radical (unpaired) electrons. The average molecular weight is 207 g/mol. The van der Waals surface area contributed by atoms with Crippen LogP contribution in [0.4, 0.5) is 0 Å². The largest absolute Gasteiger partial charge is 0.454 e. The van der Waals surface area contributed by atoms with Gasteiger partial charge in [-0.3, -0.25) is 0 Å². The maximum absolute atomic E-state index is 10.4. The van der Waals surface area contributed by atoms with Gasteiger partial charge in [0.1, 0.15) is 0 Å². The molecule has 0 saturated carbocycles. The van der Waals surface area contributed by atoms with Crippen LogP contribution in [0.1, 0.15) is 12.5 Å². The van der Waals surface area contributed by atoms with Crippen LogP contribution in [0.2, 0.25) is 0 Å². The quantitative estimate of drug-likeness (QED) is 0.417. The molecule has 0 aromatic heterocycles. The van der Waals surface area contributed by atoms with E-state index in [9.17, 15) is 4.79 Å². The van der Waals surface area contributed by atoms with E-state index in [1.165, 1.54) is 13.1 Å². The van der Waals surface area contributed by atoms with Gasteiger partial charge in [0.05, 0.1) is 6.21 Å². The highest BCUT2D eigenvalue weighted by atomic mass is 16.7. The molecular formula is C10H9NO4. The number of hydrogen-bond donors (Lipinski definition) is 0. The topological polar surface area (TPSA) is 57.1 Å². The second kappa shape index (κ2) is 4.00. The molecule has 15 heavy (non-hydrogen) atoms. The van der Waals surface area contributed by atoms with E-state index in [1.807, 2.05) is 0 Å². The summed E-state index contributed by atoms with van der Waals surface area (Å²) in [5, 5.41) is 3.50. The number of carbonyl (C=O) groups excluding carboxylic acids is 1. The summed E-state index contributed by atoms with van der Waals surface area (Å²) >= 11 is 0. The van der Waals surface area contributed by atoms with E-state index < -0.39 is 5.97 Å². The van der Waals surface area contributed by atoms with Gasteiger partial charge in [-0.25, -0.2) is 4.79 Å². The third-order valence-corrected chi connectivity index (χ3v) is 1.78. The first-order chi connectivity index (χ1) is 7.25. The fraction of sp³-hybridized carbons (Fsp3) is 0.200. The number of carbonyl (C=O) groups is 1. The SMILES string of the molecule is CC(=O)ON=Cc1ccc2c(c1)OCO2. The Bertz CT molecular complexity index is 414. The van der Waals surface area contributed by atoms with Gasteiger partial charge in [-0.15, -0.1) is 0 Å². The fourth-order valence-corrected chi connectivity index (χ4v) is 1.15. The zero-order chi connectivity index (χ0) is 10.7. The Balaban J connectivity index is 2.10. The van der Waals surface area contributed by atoms with Crippen LogP contribution in [0.3, 0.4) is 0 Å². The highest BCUT2D eigenvalue weighted by molar-refractivity contribution is 5.81. The monoisotopic (exact) mass is 207 g/mol. The van der Waals surface area contributed by atoms with Crippen LogP contribution in [0, 0.1) is 0 Å². The Kier molecular flexibility index (Phi) is 2.53. The predicted octanol–water partition coefficient (Wildman–Crippen LogP) is 1.31. The summed E-state index contributed by atoms with van der Waals surface area (Å²) in [6.07, 6.45) is 1.43. The Morgan fingerprint density at radius 1 is 1.47 bits per heavy atom. The fourth-order valence-electron chi connectivity index (χ4n) is 1.15. The van der Waals surface area contributed by atoms with Crippen LogP contribution in [-0.4, -0.2) is 19.0 Å². The summed E-state index contributed by atoms with van der Waals surface area (Å²) in [6, 6.07) is 5.33. The maximum Gasteiger partial charge on any atom is 0.331 e. The van der Waals surface area contributed by atoms with Crippen molar-refractivity contribution < 1.29 is 19.1 Å². The molecule has 0 bridgehead atoms. The van der Waals surface area contributed by atoms with Crippen molar-refractivity contribution in [3.63, 3.8) is 0 Å². The summed E-state index contributed by atoms with van der Waals surface area (Å²) < 4.78 is 10.3. The first-order valence-corrected chi connectivity index (χ1v) is 4.36. The zero-order valence-electron chi connectivity index (χ0n) is 8.10. The van der Waals surface area contributed by atoms with E-state index in [2.05, 4.69) is 9.99 Å². The Morgan fingerprint density at radius 3 is 3.07 bits per heavy atom. The molecule has 0 fully saturated rings. The van der Waals surface area contributed by atoms with Crippen molar-refractivity contribution in [3.8, 4) is 11.5 Å². The van der Waals surface area contributed by atoms with Gasteiger partial charge in [-0.05, 0) is 18.2 Å². The highest BCUT2D eigenvalue weighted by Gasteiger charge is 2.12. The van der Waals surface area contributed by atoms with Crippen molar-refractivity contribution >= 4 is 12.2 Å². The number of fused-ring (bicyclic) bond motifs is 1. The van der Waals surface area contributed by atoms with Gasteiger partial charge in [0.25, 0.3) is 0 Å². The number of rotatable bonds is 2. The van der Waals surface area contributed by atoms with Crippen LogP contribution in [0.5, 0.6) is 11.5 Å². The Morgan fingerprint density at radius 2 is 2.27 bits per heavy atom. The number of ether oxygens (including phenoxy) is 2. The van der Waals surface area contributed by atoms with Gasteiger partial charge in [-0.1, -0.05) is 5.16 Å². The van der Waals surface area contributed by atoms with Gasteiger partial charge in [0, 0.05) is 12.5 Å². The average Bonchev–Trinajstić information content (AvgIpc) is 2.64. The van der Waals surface area contributed by atoms with Crippen molar-refractivity contribution in [1.29, 1.82) is 0 Å². The second-order valence-electron chi connectivity index (χ2n) is 2.93. The molecule has 1 aliphatic rings. The highest BCUT2D eigenvalue weighted by Crippen LogP contribution is 2.31. The Labute approximate surface area is 86.2 Å². The van der Waals surface area contributed by atoms with Gasteiger partial charge in [0.2, 0.25) is 6.79 Å². The van der Waals surface area contributed by atoms with E-state index >= 15 is 0 Å². The molecule has 5 heteroatoms. The number of oxime groups is 1. The third-order valence-electron chi connectivity index (χ3n) is 1.78. The standard InChI is InChI=1S/C10H9NO4/c1-7(12)15-11-5-8-2-3-9-10(4-8)14-6-13-9/h2-5H,6H2,1H3. The molecule has 1 aromatic carbocycles. The van der Waals surface area contributed by atoms with Crippen molar-refractivity contribution in [2.75, 3.05) is 6.79 Å². The molecule has 0 atom stereocenters. The molecule has 0 amide bonds. The molecule has 0 aliphatic carbocycles. The van der Waals surface area contributed by atoms with E-state index in [-0.39, 0.29) is 6.79 Å². The molecule has 2 rings (SSSR count). The lowest BCUT2D eigenvalue weighted by molar-refractivity contribution is -0.140. The predicted molar refractivity (Wildman–Crippen MR) is 51.9 cm³/mol. The number of hydrogen-bond acceptors (Lipinski definition) is 5. The van der Waals surface area contributed by atoms with Crippen molar-refractivity contribution in [2.45, 2.75) is 6.92 Å². The van der Waals surface area contributed by atoms with Crippen molar-refractivity contribution in [2.24, 2.45) is 5.16 Å². The number of benzene rings is 1. The van der Waals surface area contributed by atoms with Crippen LogP contribution >= 0.6 is 0 Å². The molecule has 78 valence electrons. The van der Waals surface area contributed by atoms with E-state index in [0.29, 0.717) is 11.5 Å². The minimum atomic E-state index is -0.452. The summed E-state index contributed by atoms with van der Waals surface area (Å²) in [7, 11) is 0. The first-order valence-electron chi connectivity index (χ1n) is 4.36. The molecule has 0 saturated heterocycles. The van der Waals surface area contributed by atoms with E-state index in [4.69, 9.17) is 9.47 Å². The third kappa shape index (κ3) is 2.25. The molecule has 1 heterocycles. The minimum absolute atomic E-state index is 0.236. The lowest BCUT2D eigenvalue weighted by Gasteiger charge is -1.96. The summed E-state index contributed by atoms with van der Waals surface area (Å²) in [5.41, 5.74) is 0.778. The minimum Gasteiger partial charge on any atom is -0.454 e. The molecule has 5 nitrogen and oxygen atoms in total. The van der Waals surface area contributed by atoms with Crippen molar-refractivity contribution in [3.05, 3.63) is 23.8 Å². The van der Waals surface area contributed by atoms with Crippen LogP contribution in [0.25, 0.3) is 0 Å². The Hall–Kier alpha value is -2.04. The molecule has 1 aliphatic heterocycles. The van der Waals surface area contributed by atoms with E-state index in [0.717, 1.165) is 5.56 Å². The van der Waals surface area contributed by atoms with Crippen LogP contribution < -0.4 is 9.47 Å². The summed E-state index contributed by atoms with van der Waals surface area (Å²) in [5.74, 6) is 0.924. The van der Waals surface area contributed by atoms with Crippen LogP contribution in [-0.2, 0) is 9.63 Å². The molecule has 0 N–H and O–H groups in total. The lowest BCUT2D eigenvalue weighted by Crippen LogP contribution is -1.93. The smallest absolute Gasteiger partial charge is 0.331 e. The summed E-state index contributed by atoms with van der Waals surface area (Å²) in [6.45, 7) is 1.52. The van der Waals surface area contributed by atoms with Crippen molar-refractivity contribution in [1.82, 2.24) is 0 Å². The maximum atomic E-state index is 10.4. The molecule has 0 unspecified atom stereocenters. The molecule has 0 spiro atoms. The first kappa shape index (κ1) is 9.51. The van der Waals surface area contributed by atoms with Gasteiger partial charge in [0.15, 0.2) is 11.5 Å². The number of nitrogens with zero attached hydrogens (tertiary/aromatic N) is 1. The normalized spacial score (nSPS) is 13.1. The van der Waals surface area contributed by atoms with Gasteiger partial charge in [-0.2, -0.15) is 0 Å². The van der Waals surface area contributed by atoms with Gasteiger partial charge < -0.3 is 14.3 Å². The van der Waals surface area contributed by atoms with Crippen LogP contribution in [0.15, 0.2) is 23.4 Å². The summed E-state index contributed by atoms with van der Waals surface area (Å²) in [4.78, 5) is 14.9. The zero-order valence-corrected chi connectivity index (χ0v) is 8.10. The second-order valence-corrected chi connectivity index (χ2v) is 2.93. The van der Waals surface area contributed by atoms with Gasteiger partial charge >= 0.3 is 5.97 Å². The lowest BCUT2D eigenvalue weighted by atomic mass is 10.2.